The van der Waals surface area contributed by atoms with Crippen LogP contribution in [0.1, 0.15) is 201 Å². The molecule has 3 N–H and O–H groups in total. The van der Waals surface area contributed by atoms with E-state index < -0.39 is 12.1 Å². The first-order valence-corrected chi connectivity index (χ1v) is 18.2. The predicted molar refractivity (Wildman–Crippen MR) is 179 cm³/mol. The molecule has 0 aromatic heterocycles. The van der Waals surface area contributed by atoms with Gasteiger partial charge in [-0.05, 0) is 19.3 Å². The molecule has 0 aromatic rings. The molecule has 0 heterocycles. The number of carbonyl (C=O) groups is 1. The minimum absolute atomic E-state index is 0.0697. The van der Waals surface area contributed by atoms with E-state index in [1.807, 2.05) is 6.08 Å². The van der Waals surface area contributed by atoms with E-state index in [0.29, 0.717) is 13.3 Å². The largest absolute Gasteiger partial charge is 0.394 e. The second-order valence-corrected chi connectivity index (χ2v) is 12.5. The van der Waals surface area contributed by atoms with Crippen molar-refractivity contribution >= 4 is 5.91 Å². The monoisotopic (exact) mass is 581 g/mol. The van der Waals surface area contributed by atoms with Crippen LogP contribution in [-0.4, -0.2) is 34.9 Å². The maximum atomic E-state index is 12.3. The van der Waals surface area contributed by atoms with E-state index in [9.17, 15) is 15.0 Å². The number of hydrogen-bond donors (Lipinski definition) is 3. The van der Waals surface area contributed by atoms with Gasteiger partial charge in [0.25, 0.3) is 0 Å². The number of allylic oxidation sites excluding steroid dienone is 1. The van der Waals surface area contributed by atoms with Crippen molar-refractivity contribution in [1.82, 2.24) is 5.32 Å². The lowest BCUT2D eigenvalue weighted by Gasteiger charge is -2.20. The normalized spacial score (nSPS) is 13.5. The molecule has 244 valence electrons. The molecular formula is C37H73NO3. The molecule has 0 fully saturated rings. The highest BCUT2D eigenvalue weighted by molar-refractivity contribution is 5.76. The number of hydrogen-bond acceptors (Lipinski definition) is 3. The quantitative estimate of drug-likeness (QED) is 0.0534. The molecule has 0 saturated heterocycles. The first-order chi connectivity index (χ1) is 20.7. The number of unbranched alkanes of at least 4 members (excludes halogenated alkanes) is 26. The highest BCUT2D eigenvalue weighted by Gasteiger charge is 2.17. The average Bonchev–Trinajstić information content (AvgIpc) is 2.99. The lowest BCUT2D eigenvalue weighted by Crippen LogP contribution is -2.45. The minimum atomic E-state index is -0.837. The predicted octanol–water partition coefficient (Wildman–Crippen LogP) is 10.7. The Bertz CT molecular complexity index is 571. The van der Waals surface area contributed by atoms with E-state index in [2.05, 4.69) is 12.2 Å². The molecule has 1 amide bonds. The van der Waals surface area contributed by atoms with Gasteiger partial charge in [-0.1, -0.05) is 186 Å². The van der Waals surface area contributed by atoms with Gasteiger partial charge in [-0.3, -0.25) is 4.79 Å². The van der Waals surface area contributed by atoms with Crippen molar-refractivity contribution in [2.24, 2.45) is 0 Å². The van der Waals surface area contributed by atoms with Crippen molar-refractivity contribution in [3.05, 3.63) is 12.2 Å². The molecular weight excluding hydrogens is 506 g/mol. The number of nitrogens with one attached hydrogen (secondary N) is 1. The molecule has 41 heavy (non-hydrogen) atoms. The zero-order valence-corrected chi connectivity index (χ0v) is 27.5. The van der Waals surface area contributed by atoms with Gasteiger partial charge in [-0.2, -0.15) is 0 Å². The number of amides is 1. The second-order valence-electron chi connectivity index (χ2n) is 12.5. The number of aliphatic hydroxyl groups is 2. The van der Waals surface area contributed by atoms with Gasteiger partial charge in [0, 0.05) is 7.79 Å². The summed E-state index contributed by atoms with van der Waals surface area (Å²) in [4.78, 5) is 12.3. The molecule has 0 aliphatic heterocycles. The summed E-state index contributed by atoms with van der Waals surface area (Å²) >= 11 is 0. The van der Waals surface area contributed by atoms with Crippen molar-refractivity contribution in [1.29, 1.82) is 0 Å². The molecule has 0 saturated carbocycles. The van der Waals surface area contributed by atoms with Gasteiger partial charge in [0.1, 0.15) is 0 Å². The topological polar surface area (TPSA) is 69.6 Å². The zero-order valence-electron chi connectivity index (χ0n) is 28.5. The summed E-state index contributed by atoms with van der Waals surface area (Å²) in [6.45, 7) is 2.61. The van der Waals surface area contributed by atoms with E-state index >= 15 is 0 Å². The van der Waals surface area contributed by atoms with E-state index in [0.717, 1.165) is 32.1 Å². The molecule has 0 radical (unpaired) electrons. The van der Waals surface area contributed by atoms with Crippen LogP contribution in [0.2, 0.25) is 0 Å². The molecule has 4 nitrogen and oxygen atoms in total. The van der Waals surface area contributed by atoms with Gasteiger partial charge in [0.05, 0.1) is 18.8 Å². The Labute approximate surface area is 258 Å². The van der Waals surface area contributed by atoms with Gasteiger partial charge in [0.15, 0.2) is 0 Å². The van der Waals surface area contributed by atoms with E-state index in [-0.39, 0.29) is 12.5 Å². The van der Waals surface area contributed by atoms with Crippen LogP contribution in [0.4, 0.5) is 0 Å². The Morgan fingerprint density at radius 2 is 1.02 bits per heavy atom. The molecule has 0 spiro atoms. The van der Waals surface area contributed by atoms with Crippen molar-refractivity contribution in [2.75, 3.05) is 6.61 Å². The Morgan fingerprint density at radius 3 is 1.44 bits per heavy atom. The average molecular weight is 581 g/mol. The Morgan fingerprint density at radius 1 is 0.634 bits per heavy atom. The zero-order chi connectivity index (χ0) is 30.8. The summed E-state index contributed by atoms with van der Waals surface area (Å²) in [6, 6.07) is -0.620. The van der Waals surface area contributed by atoms with Gasteiger partial charge in [0.2, 0.25) is 5.91 Å². The third kappa shape index (κ3) is 30.4. The fraction of sp³-hybridized carbons (Fsp3) is 0.919. The number of rotatable bonds is 33. The van der Waals surface area contributed by atoms with Crippen LogP contribution < -0.4 is 5.32 Å². The van der Waals surface area contributed by atoms with Crippen LogP contribution in [0.3, 0.4) is 0 Å². The van der Waals surface area contributed by atoms with Crippen molar-refractivity contribution in [3.63, 3.8) is 0 Å². The van der Waals surface area contributed by atoms with Crippen LogP contribution in [0.25, 0.3) is 0 Å². The first-order valence-electron chi connectivity index (χ1n) is 18.9. The van der Waals surface area contributed by atoms with E-state index in [4.69, 9.17) is 1.37 Å². The molecule has 0 aliphatic carbocycles. The highest BCUT2D eigenvalue weighted by atomic mass is 16.3. The highest BCUT2D eigenvalue weighted by Crippen LogP contribution is 2.15. The molecule has 0 aliphatic rings. The molecule has 0 unspecified atom stereocenters. The van der Waals surface area contributed by atoms with Crippen molar-refractivity contribution in [3.8, 4) is 0 Å². The molecule has 0 bridgehead atoms. The first kappa shape index (κ1) is 38.2. The Kier molecular flexibility index (Phi) is 31.3. The lowest BCUT2D eigenvalue weighted by molar-refractivity contribution is -0.123. The summed E-state index contributed by atoms with van der Waals surface area (Å²) < 4.78 is 7.16. The fourth-order valence-electron chi connectivity index (χ4n) is 5.57. The van der Waals surface area contributed by atoms with E-state index in [1.54, 1.807) is 6.08 Å². The minimum Gasteiger partial charge on any atom is -0.394 e. The van der Waals surface area contributed by atoms with Gasteiger partial charge < -0.3 is 15.5 Å². The SMILES string of the molecule is [2H]CCCCCCCCCCCCCCCCCCC(=O)N[C@@H](CO)[C@H](O)/C=C/CCCCCCCCCCCCC. The standard InChI is InChI=1S/C37H73NO3/c1-3-5-7-9-11-13-15-17-18-19-21-23-25-27-29-31-33-37(41)38-35(34-39)36(40)32-30-28-26-24-22-20-16-14-12-10-8-6-4-2/h30,32,35-36,39-40H,3-29,31,33-34H2,1-2H3,(H,38,41)/b32-30+/t35-,36+/m0/s1/i1D. The van der Waals surface area contributed by atoms with Crippen LogP contribution in [0, 0.1) is 0 Å². The summed E-state index contributed by atoms with van der Waals surface area (Å²) in [6.07, 6.45) is 39.1. The summed E-state index contributed by atoms with van der Waals surface area (Å²) in [5, 5.41) is 22.9. The molecule has 0 aromatic carbocycles. The number of aliphatic hydroxyl groups excluding tert-OH is 2. The van der Waals surface area contributed by atoms with E-state index in [1.165, 1.54) is 148 Å². The van der Waals surface area contributed by atoms with Gasteiger partial charge >= 0.3 is 0 Å². The maximum absolute atomic E-state index is 12.3. The third-order valence-corrected chi connectivity index (χ3v) is 8.42. The Balaban J connectivity index is 3.57. The molecule has 2 atom stereocenters. The van der Waals surface area contributed by atoms with Crippen molar-refractivity contribution in [2.45, 2.75) is 212 Å². The van der Waals surface area contributed by atoms with Gasteiger partial charge in [-0.15, -0.1) is 0 Å². The third-order valence-electron chi connectivity index (χ3n) is 8.42. The molecule has 0 rings (SSSR count). The van der Waals surface area contributed by atoms with Gasteiger partial charge in [-0.25, -0.2) is 0 Å². The van der Waals surface area contributed by atoms with Crippen LogP contribution in [0.5, 0.6) is 0 Å². The summed E-state index contributed by atoms with van der Waals surface area (Å²) in [7, 11) is 0. The summed E-state index contributed by atoms with van der Waals surface area (Å²) in [5.74, 6) is -0.0697. The molecule has 4 heteroatoms. The van der Waals surface area contributed by atoms with Crippen molar-refractivity contribution < 1.29 is 16.4 Å². The second kappa shape index (κ2) is 33.6. The maximum Gasteiger partial charge on any atom is 0.220 e. The fourth-order valence-corrected chi connectivity index (χ4v) is 5.57. The van der Waals surface area contributed by atoms with Crippen LogP contribution in [0.15, 0.2) is 12.2 Å². The number of carbonyl (C=O) groups excluding carboxylic acids is 1. The van der Waals surface area contributed by atoms with Crippen LogP contribution >= 0.6 is 0 Å². The lowest BCUT2D eigenvalue weighted by atomic mass is 10.0. The van der Waals surface area contributed by atoms with Crippen LogP contribution in [-0.2, 0) is 4.79 Å². The Hall–Kier alpha value is -0.870. The summed E-state index contributed by atoms with van der Waals surface area (Å²) in [5.41, 5.74) is 0. The smallest absolute Gasteiger partial charge is 0.220 e.